The van der Waals surface area contributed by atoms with E-state index in [1.54, 1.807) is 18.1 Å². The highest BCUT2D eigenvalue weighted by Crippen LogP contribution is 2.23. The second-order valence-corrected chi connectivity index (χ2v) is 12.0. The van der Waals surface area contributed by atoms with Gasteiger partial charge in [-0.25, -0.2) is 8.42 Å². The summed E-state index contributed by atoms with van der Waals surface area (Å²) in [6.45, 7) is 4.26. The molecule has 0 radical (unpaired) electrons. The topological polar surface area (TPSA) is 96.0 Å². The number of hydrogen-bond donors (Lipinski definition) is 1. The van der Waals surface area contributed by atoms with Crippen LogP contribution in [0.2, 0.25) is 0 Å². The zero-order valence-corrected chi connectivity index (χ0v) is 23.8. The van der Waals surface area contributed by atoms with E-state index in [4.69, 9.17) is 4.74 Å². The Hall–Kier alpha value is -3.07. The SMILES string of the molecule is CC[C@@H](C(=O)NC1CCCC1)N(Cc1cccc(OC)c1)C(=O)CCCN(c1cccc(C)c1)S(C)(=O)=O. The number of rotatable bonds is 13. The van der Waals surface area contributed by atoms with E-state index < -0.39 is 16.1 Å². The van der Waals surface area contributed by atoms with Crippen molar-refractivity contribution in [2.45, 2.75) is 77.4 Å². The van der Waals surface area contributed by atoms with E-state index in [1.807, 2.05) is 56.3 Å². The molecule has 1 aliphatic carbocycles. The summed E-state index contributed by atoms with van der Waals surface area (Å²) in [6, 6.07) is 14.3. The lowest BCUT2D eigenvalue weighted by Gasteiger charge is -2.32. The minimum atomic E-state index is -3.53. The smallest absolute Gasteiger partial charge is 0.243 e. The summed E-state index contributed by atoms with van der Waals surface area (Å²) in [6.07, 6.45) is 6.24. The first-order valence-corrected chi connectivity index (χ1v) is 15.2. The molecule has 3 rings (SSSR count). The maximum absolute atomic E-state index is 13.6. The van der Waals surface area contributed by atoms with Crippen LogP contribution < -0.4 is 14.4 Å². The highest BCUT2D eigenvalue weighted by molar-refractivity contribution is 7.92. The van der Waals surface area contributed by atoms with Gasteiger partial charge in [0.25, 0.3) is 0 Å². The van der Waals surface area contributed by atoms with E-state index in [1.165, 1.54) is 10.6 Å². The zero-order chi connectivity index (χ0) is 27.7. The van der Waals surface area contributed by atoms with E-state index in [0.717, 1.165) is 36.8 Å². The maximum atomic E-state index is 13.6. The third-order valence-corrected chi connectivity index (χ3v) is 8.21. The fourth-order valence-electron chi connectivity index (χ4n) is 5.04. The van der Waals surface area contributed by atoms with Crippen molar-refractivity contribution in [1.29, 1.82) is 0 Å². The number of aryl methyl sites for hydroxylation is 1. The fraction of sp³-hybridized carbons (Fsp3) is 0.517. The molecule has 9 heteroatoms. The highest BCUT2D eigenvalue weighted by atomic mass is 32.2. The van der Waals surface area contributed by atoms with Gasteiger partial charge in [-0.2, -0.15) is 0 Å². The molecule has 0 unspecified atom stereocenters. The van der Waals surface area contributed by atoms with Gasteiger partial charge >= 0.3 is 0 Å². The van der Waals surface area contributed by atoms with Gasteiger partial charge in [-0.1, -0.05) is 44.0 Å². The molecule has 0 saturated heterocycles. The lowest BCUT2D eigenvalue weighted by Crippen LogP contribution is -2.51. The molecule has 2 aromatic rings. The Kier molecular flexibility index (Phi) is 10.6. The summed E-state index contributed by atoms with van der Waals surface area (Å²) in [5.41, 5.74) is 2.40. The number of anilines is 1. The summed E-state index contributed by atoms with van der Waals surface area (Å²) in [4.78, 5) is 28.6. The monoisotopic (exact) mass is 543 g/mol. The first-order valence-electron chi connectivity index (χ1n) is 13.4. The molecule has 2 aromatic carbocycles. The van der Waals surface area contributed by atoms with Gasteiger partial charge in [0.2, 0.25) is 21.8 Å². The third-order valence-electron chi connectivity index (χ3n) is 7.02. The number of hydrogen-bond acceptors (Lipinski definition) is 5. The molecule has 8 nitrogen and oxygen atoms in total. The molecule has 38 heavy (non-hydrogen) atoms. The maximum Gasteiger partial charge on any atom is 0.243 e. The lowest BCUT2D eigenvalue weighted by atomic mass is 10.1. The standard InChI is InChI=1S/C29H41N3O5S/c1-5-27(29(34)30-24-13-6-7-14-24)31(21-23-12-9-16-26(20-23)37-3)28(33)17-10-18-32(38(4,35)36)25-15-8-11-22(2)19-25/h8-9,11-12,15-16,19-20,24,27H,5-7,10,13-14,17-18,21H2,1-4H3,(H,30,34)/t27-/m0/s1. The van der Waals surface area contributed by atoms with Crippen molar-refractivity contribution < 1.29 is 22.7 Å². The van der Waals surface area contributed by atoms with E-state index in [-0.39, 0.29) is 37.4 Å². The zero-order valence-electron chi connectivity index (χ0n) is 23.0. The largest absolute Gasteiger partial charge is 0.497 e. The van der Waals surface area contributed by atoms with Crippen LogP contribution in [-0.4, -0.2) is 57.1 Å². The number of amides is 2. The van der Waals surface area contributed by atoms with Crippen molar-refractivity contribution in [3.8, 4) is 5.75 Å². The quantitative estimate of drug-likeness (QED) is 0.404. The molecule has 1 fully saturated rings. The second kappa shape index (κ2) is 13.6. The van der Waals surface area contributed by atoms with Crippen molar-refractivity contribution in [3.63, 3.8) is 0 Å². The number of methoxy groups -OCH3 is 1. The van der Waals surface area contributed by atoms with Crippen LogP contribution in [0.3, 0.4) is 0 Å². The Balaban J connectivity index is 1.77. The van der Waals surface area contributed by atoms with Crippen LogP contribution in [0.1, 0.15) is 63.0 Å². The molecule has 1 saturated carbocycles. The van der Waals surface area contributed by atoms with Crippen molar-refractivity contribution in [2.75, 3.05) is 24.2 Å². The average molecular weight is 544 g/mol. The Bertz CT molecular complexity index is 1190. The molecule has 208 valence electrons. The molecule has 0 aromatic heterocycles. The number of carbonyl (C=O) groups excluding carboxylic acids is 2. The van der Waals surface area contributed by atoms with Crippen LogP contribution in [0.15, 0.2) is 48.5 Å². The molecule has 1 aliphatic rings. The van der Waals surface area contributed by atoms with Crippen molar-refractivity contribution >= 4 is 27.5 Å². The van der Waals surface area contributed by atoms with Crippen molar-refractivity contribution in [3.05, 3.63) is 59.7 Å². The first-order chi connectivity index (χ1) is 18.1. The average Bonchev–Trinajstić information content (AvgIpc) is 3.38. The number of nitrogens with zero attached hydrogens (tertiary/aromatic N) is 2. The van der Waals surface area contributed by atoms with Gasteiger partial charge < -0.3 is 15.0 Å². The van der Waals surface area contributed by atoms with Gasteiger partial charge in [-0.15, -0.1) is 0 Å². The minimum absolute atomic E-state index is 0.120. The Labute approximate surface area is 227 Å². The van der Waals surface area contributed by atoms with Gasteiger partial charge in [-0.05, 0) is 68.0 Å². The first kappa shape index (κ1) is 29.5. The Morgan fingerprint density at radius 1 is 1.11 bits per heavy atom. The van der Waals surface area contributed by atoms with E-state index >= 15 is 0 Å². The second-order valence-electron chi connectivity index (χ2n) is 10.1. The van der Waals surface area contributed by atoms with Crippen molar-refractivity contribution in [2.24, 2.45) is 0 Å². The Morgan fingerprint density at radius 2 is 1.82 bits per heavy atom. The summed E-state index contributed by atoms with van der Waals surface area (Å²) in [5.74, 6) is 0.368. The van der Waals surface area contributed by atoms with E-state index in [9.17, 15) is 18.0 Å². The number of ether oxygens (including phenoxy) is 1. The van der Waals surface area contributed by atoms with Gasteiger partial charge in [0.1, 0.15) is 11.8 Å². The number of sulfonamides is 1. The van der Waals surface area contributed by atoms with E-state index in [2.05, 4.69) is 5.32 Å². The number of nitrogens with one attached hydrogen (secondary N) is 1. The summed E-state index contributed by atoms with van der Waals surface area (Å²) >= 11 is 0. The summed E-state index contributed by atoms with van der Waals surface area (Å²) < 4.78 is 31.7. The normalized spacial score (nSPS) is 14.6. The minimum Gasteiger partial charge on any atom is -0.497 e. The molecule has 0 spiro atoms. The fourth-order valence-corrected chi connectivity index (χ4v) is 6.00. The van der Waals surface area contributed by atoms with Crippen LogP contribution in [-0.2, 0) is 26.2 Å². The lowest BCUT2D eigenvalue weighted by molar-refractivity contribution is -0.141. The molecule has 0 heterocycles. The third kappa shape index (κ3) is 8.21. The molecule has 1 N–H and O–H groups in total. The van der Waals surface area contributed by atoms with Crippen LogP contribution >= 0.6 is 0 Å². The molecular weight excluding hydrogens is 502 g/mol. The van der Waals surface area contributed by atoms with Crippen LogP contribution in [0.25, 0.3) is 0 Å². The van der Waals surface area contributed by atoms with Crippen LogP contribution in [0.4, 0.5) is 5.69 Å². The molecule has 1 atom stereocenters. The Morgan fingerprint density at radius 3 is 2.45 bits per heavy atom. The summed E-state index contributed by atoms with van der Waals surface area (Å²) in [5, 5.41) is 3.15. The van der Waals surface area contributed by atoms with Gasteiger partial charge in [0.15, 0.2) is 0 Å². The van der Waals surface area contributed by atoms with Crippen molar-refractivity contribution in [1.82, 2.24) is 10.2 Å². The number of benzene rings is 2. The molecule has 2 amide bonds. The highest BCUT2D eigenvalue weighted by Gasteiger charge is 2.30. The van der Waals surface area contributed by atoms with E-state index in [0.29, 0.717) is 24.3 Å². The van der Waals surface area contributed by atoms with Gasteiger partial charge in [0.05, 0.1) is 19.1 Å². The number of carbonyl (C=O) groups is 2. The van der Waals surface area contributed by atoms with Gasteiger partial charge in [0, 0.05) is 25.6 Å². The van der Waals surface area contributed by atoms with Crippen LogP contribution in [0, 0.1) is 6.92 Å². The molecule has 0 bridgehead atoms. The predicted octanol–water partition coefficient (Wildman–Crippen LogP) is 4.42. The van der Waals surface area contributed by atoms with Crippen LogP contribution in [0.5, 0.6) is 5.75 Å². The predicted molar refractivity (Wildman–Crippen MR) is 151 cm³/mol. The summed E-state index contributed by atoms with van der Waals surface area (Å²) in [7, 11) is -1.94. The molecular formula is C29H41N3O5S. The molecule has 0 aliphatic heterocycles. The van der Waals surface area contributed by atoms with Gasteiger partial charge in [-0.3, -0.25) is 13.9 Å².